The summed E-state index contributed by atoms with van der Waals surface area (Å²) >= 11 is 0. The molecule has 0 unspecified atom stereocenters. The molecule has 2 heteroatoms. The quantitative estimate of drug-likeness (QED) is 0.561. The maximum absolute atomic E-state index is 11.9. The van der Waals surface area contributed by atoms with Crippen molar-refractivity contribution in [1.82, 2.24) is 0 Å². The molecule has 9 heavy (non-hydrogen) atoms. The van der Waals surface area contributed by atoms with Gasteiger partial charge in [-0.25, -0.2) is 4.39 Å². The van der Waals surface area contributed by atoms with Crippen molar-refractivity contribution in [1.29, 1.82) is 0 Å². The van der Waals surface area contributed by atoms with Crippen LogP contribution in [0.25, 0.3) is 0 Å². The third-order valence-electron chi connectivity index (χ3n) is 0.678. The minimum atomic E-state index is -0.209. The van der Waals surface area contributed by atoms with Gasteiger partial charge in [0.05, 0.1) is 0 Å². The van der Waals surface area contributed by atoms with E-state index in [1.807, 2.05) is 0 Å². The van der Waals surface area contributed by atoms with Gasteiger partial charge in [-0.05, 0) is 0 Å². The molecule has 0 amide bonds. The van der Waals surface area contributed by atoms with Crippen LogP contribution in [0.5, 0.6) is 0 Å². The summed E-state index contributed by atoms with van der Waals surface area (Å²) in [4.78, 5) is 0. The van der Waals surface area contributed by atoms with Crippen LogP contribution in [0.3, 0.4) is 0 Å². The summed E-state index contributed by atoms with van der Waals surface area (Å²) in [5.74, 6) is -0.209. The van der Waals surface area contributed by atoms with Crippen molar-refractivity contribution in [2.75, 3.05) is 0 Å². The summed E-state index contributed by atoms with van der Waals surface area (Å²) in [7, 11) is 0. The molecule has 0 saturated carbocycles. The zero-order chi connectivity index (χ0) is 5.11. The molecule has 0 nitrogen and oxygen atoms in total. The van der Waals surface area contributed by atoms with Crippen LogP contribution in [0, 0.1) is 19.3 Å². The summed E-state index contributed by atoms with van der Waals surface area (Å²) in [6.07, 6.45) is 0. The van der Waals surface area contributed by atoms with Crippen molar-refractivity contribution in [2.45, 2.75) is 0 Å². The average molecular weight is 199 g/mol. The first-order valence-electron chi connectivity index (χ1n) is 2.01. The van der Waals surface area contributed by atoms with Crippen molar-refractivity contribution in [3.05, 3.63) is 43.6 Å². The van der Waals surface area contributed by atoms with Crippen molar-refractivity contribution in [2.24, 2.45) is 0 Å². The Labute approximate surface area is 80.4 Å². The van der Waals surface area contributed by atoms with Gasteiger partial charge in [-0.1, -0.05) is 0 Å². The average Bonchev–Trinajstić information content (AvgIpc) is 1.69. The van der Waals surface area contributed by atoms with Crippen molar-refractivity contribution in [3.63, 3.8) is 0 Å². The molecule has 0 N–H and O–H groups in total. The fourth-order valence-corrected chi connectivity index (χ4v) is 0.367. The van der Waals surface area contributed by atoms with Crippen LogP contribution in [-0.4, -0.2) is 0 Å². The summed E-state index contributed by atoms with van der Waals surface area (Å²) in [5.41, 5.74) is 0. The molecule has 0 fully saturated rings. The Kier molecular flexibility index (Phi) is 8.49. The van der Waals surface area contributed by atoms with E-state index >= 15 is 0 Å². The van der Waals surface area contributed by atoms with Crippen molar-refractivity contribution < 1.29 is 37.1 Å². The maximum Gasteiger partial charge on any atom is 0.0151 e. The Morgan fingerprint density at radius 1 is 1.22 bits per heavy atom. The minimum absolute atomic E-state index is 0. The second-order valence-corrected chi connectivity index (χ2v) is 1.22. The second kappa shape index (κ2) is 6.38. The predicted molar refractivity (Wildman–Crippen MR) is 31.6 cm³/mol. The molecule has 0 aliphatic carbocycles. The molecule has 1 rings (SSSR count). The van der Waals surface area contributed by atoms with Gasteiger partial charge in [0.15, 0.2) is 0 Å². The van der Waals surface area contributed by atoms with E-state index in [9.17, 15) is 4.39 Å². The first-order chi connectivity index (χ1) is 3.39. The van der Waals surface area contributed by atoms with Crippen LogP contribution in [0.1, 0.15) is 0 Å². The first-order valence-corrected chi connectivity index (χ1v) is 2.01. The summed E-state index contributed by atoms with van der Waals surface area (Å²) in [5, 5.41) is 0. The molecule has 0 heterocycles. The number of benzene rings is 1. The molecule has 0 saturated heterocycles. The van der Waals surface area contributed by atoms with E-state index in [0.29, 0.717) is 0 Å². The molecular weight excluding hydrogens is 192 g/mol. The Morgan fingerprint density at radius 2 is 1.67 bits per heavy atom. The Balaban J connectivity index is 0. The van der Waals surface area contributed by atoms with Gasteiger partial charge < -0.3 is 7.43 Å². The van der Waals surface area contributed by atoms with E-state index in [4.69, 9.17) is 0 Å². The van der Waals surface area contributed by atoms with E-state index < -0.39 is 0 Å². The van der Waals surface area contributed by atoms with Crippen LogP contribution < -0.4 is 0 Å². The molecule has 0 atom stereocenters. The van der Waals surface area contributed by atoms with E-state index in [1.54, 1.807) is 0 Å². The van der Waals surface area contributed by atoms with Gasteiger partial charge in [0.1, 0.15) is 0 Å². The fourth-order valence-electron chi connectivity index (χ4n) is 0.367. The van der Waals surface area contributed by atoms with Gasteiger partial charge in [0.2, 0.25) is 0 Å². The van der Waals surface area contributed by atoms with E-state index in [2.05, 4.69) is 6.07 Å². The molecule has 0 spiro atoms. The monoisotopic (exact) mass is 199 g/mol. The SMILES string of the molecule is Fc1cc[c-]cc1.[CH3-].[Y]. The van der Waals surface area contributed by atoms with Gasteiger partial charge in [-0.2, -0.15) is 18.2 Å². The zero-order valence-corrected chi connectivity index (χ0v) is 8.10. The van der Waals surface area contributed by atoms with Gasteiger partial charge in [0.25, 0.3) is 0 Å². The Bertz CT molecular complexity index is 139. The second-order valence-electron chi connectivity index (χ2n) is 1.22. The summed E-state index contributed by atoms with van der Waals surface area (Å²) in [6.45, 7) is 0. The van der Waals surface area contributed by atoms with Crippen LogP contribution in [0.4, 0.5) is 4.39 Å². The van der Waals surface area contributed by atoms with Gasteiger partial charge in [-0.15, -0.1) is 12.1 Å². The number of hydrogen-bond acceptors (Lipinski definition) is 0. The fraction of sp³-hybridized carbons (Fsp3) is 0. The standard InChI is InChI=1S/C6H4F.CH3.Y/c7-6-4-2-1-3-5-6;;/h2-5H;1H3;/q2*-1;. The van der Waals surface area contributed by atoms with Crippen LogP contribution in [0.15, 0.2) is 24.3 Å². The smallest absolute Gasteiger partial charge is 0.0151 e. The van der Waals surface area contributed by atoms with E-state index in [-0.39, 0.29) is 46.0 Å². The van der Waals surface area contributed by atoms with E-state index in [0.717, 1.165) is 0 Å². The van der Waals surface area contributed by atoms with E-state index in [1.165, 1.54) is 24.3 Å². The molecule has 1 radical (unpaired) electrons. The summed E-state index contributed by atoms with van der Waals surface area (Å²) in [6, 6.07) is 8.49. The van der Waals surface area contributed by atoms with Crippen LogP contribution in [-0.2, 0) is 32.7 Å². The Morgan fingerprint density at radius 3 is 1.89 bits per heavy atom. The topological polar surface area (TPSA) is 0 Å². The molecule has 0 aliphatic rings. The molecule has 0 aliphatic heterocycles. The minimum Gasteiger partial charge on any atom is -0.358 e. The summed E-state index contributed by atoms with van der Waals surface area (Å²) < 4.78 is 11.9. The molecule has 0 aromatic heterocycles. The predicted octanol–water partition coefficient (Wildman–Crippen LogP) is 2.07. The molecule has 0 bridgehead atoms. The third kappa shape index (κ3) is 4.74. The van der Waals surface area contributed by atoms with Gasteiger partial charge in [-0.3, -0.25) is 0 Å². The first kappa shape index (κ1) is 12.0. The van der Waals surface area contributed by atoms with Crippen LogP contribution in [0.2, 0.25) is 0 Å². The van der Waals surface area contributed by atoms with Gasteiger partial charge in [0, 0.05) is 38.5 Å². The molecule has 1 aromatic rings. The molecule has 1 aromatic carbocycles. The number of hydrogen-bond donors (Lipinski definition) is 0. The number of halogens is 1. The number of rotatable bonds is 0. The maximum atomic E-state index is 11.9. The van der Waals surface area contributed by atoms with Crippen molar-refractivity contribution in [3.8, 4) is 0 Å². The largest absolute Gasteiger partial charge is 0.358 e. The third-order valence-corrected chi connectivity index (χ3v) is 0.678. The molecular formula is C7H7FY-2. The van der Waals surface area contributed by atoms with Crippen molar-refractivity contribution >= 4 is 0 Å². The normalized spacial score (nSPS) is 6.78. The molecule has 47 valence electrons. The van der Waals surface area contributed by atoms with Gasteiger partial charge >= 0.3 is 0 Å². The zero-order valence-electron chi connectivity index (χ0n) is 5.26. The van der Waals surface area contributed by atoms with Crippen LogP contribution >= 0.6 is 0 Å². The Hall–Kier alpha value is 0.254.